The fourth-order valence-corrected chi connectivity index (χ4v) is 1.90. The average Bonchev–Trinajstić information content (AvgIpc) is 2.28. The normalized spacial score (nSPS) is 10.7. The fourth-order valence-electron chi connectivity index (χ4n) is 1.47. The highest BCUT2D eigenvalue weighted by Crippen LogP contribution is 2.22. The van der Waals surface area contributed by atoms with E-state index < -0.39 is 0 Å². The molecule has 0 unspecified atom stereocenters. The highest BCUT2D eigenvalue weighted by molar-refractivity contribution is 9.10. The lowest BCUT2D eigenvalue weighted by Crippen LogP contribution is -2.33. The first-order valence-electron chi connectivity index (χ1n) is 5.58. The van der Waals surface area contributed by atoms with Crippen molar-refractivity contribution in [2.75, 3.05) is 34.2 Å². The Hall–Kier alpha value is -0.870. The average molecular weight is 299 g/mol. The van der Waals surface area contributed by atoms with Gasteiger partial charge in [0, 0.05) is 24.6 Å². The SMILES string of the molecule is Cc1cccc(C(=O)N(C)CCN(C)C)c1Br. The van der Waals surface area contributed by atoms with Crippen molar-refractivity contribution in [2.24, 2.45) is 0 Å². The van der Waals surface area contributed by atoms with Crippen LogP contribution in [0.2, 0.25) is 0 Å². The Labute approximate surface area is 112 Å². The Morgan fingerprint density at radius 1 is 1.24 bits per heavy atom. The van der Waals surface area contributed by atoms with Crippen molar-refractivity contribution >= 4 is 21.8 Å². The van der Waals surface area contributed by atoms with Gasteiger partial charge in [0.15, 0.2) is 0 Å². The van der Waals surface area contributed by atoms with E-state index in [4.69, 9.17) is 0 Å². The molecule has 0 N–H and O–H groups in total. The maximum absolute atomic E-state index is 12.2. The molecule has 0 atom stereocenters. The summed E-state index contributed by atoms with van der Waals surface area (Å²) in [5.74, 6) is 0.0578. The Balaban J connectivity index is 2.78. The van der Waals surface area contributed by atoms with Crippen LogP contribution >= 0.6 is 15.9 Å². The van der Waals surface area contributed by atoms with Crippen molar-refractivity contribution in [3.8, 4) is 0 Å². The lowest BCUT2D eigenvalue weighted by Gasteiger charge is -2.20. The molecule has 0 saturated heterocycles. The lowest BCUT2D eigenvalue weighted by molar-refractivity contribution is 0.0785. The lowest BCUT2D eigenvalue weighted by atomic mass is 10.1. The third-order valence-corrected chi connectivity index (χ3v) is 3.70. The van der Waals surface area contributed by atoms with Crippen LogP contribution < -0.4 is 0 Å². The van der Waals surface area contributed by atoms with Gasteiger partial charge in [-0.05, 0) is 48.6 Å². The highest BCUT2D eigenvalue weighted by Gasteiger charge is 2.15. The van der Waals surface area contributed by atoms with E-state index in [1.165, 1.54) is 0 Å². The summed E-state index contributed by atoms with van der Waals surface area (Å²) < 4.78 is 0.890. The van der Waals surface area contributed by atoms with Gasteiger partial charge in [0.05, 0.1) is 5.56 Å². The molecule has 0 aliphatic carbocycles. The smallest absolute Gasteiger partial charge is 0.254 e. The highest BCUT2D eigenvalue weighted by atomic mass is 79.9. The number of carbonyl (C=O) groups excluding carboxylic acids is 1. The van der Waals surface area contributed by atoms with Gasteiger partial charge in [0.2, 0.25) is 0 Å². The van der Waals surface area contributed by atoms with Gasteiger partial charge in [-0.3, -0.25) is 4.79 Å². The number of carbonyl (C=O) groups is 1. The summed E-state index contributed by atoms with van der Waals surface area (Å²) in [6.07, 6.45) is 0. The van der Waals surface area contributed by atoms with Crippen LogP contribution in [0, 0.1) is 6.92 Å². The number of aryl methyl sites for hydroxylation is 1. The van der Waals surface area contributed by atoms with Crippen LogP contribution in [0.5, 0.6) is 0 Å². The molecule has 17 heavy (non-hydrogen) atoms. The summed E-state index contributed by atoms with van der Waals surface area (Å²) in [6.45, 7) is 3.58. The fraction of sp³-hybridized carbons (Fsp3) is 0.462. The van der Waals surface area contributed by atoms with Crippen LogP contribution in [0.1, 0.15) is 15.9 Å². The van der Waals surface area contributed by atoms with Gasteiger partial charge in [-0.2, -0.15) is 0 Å². The van der Waals surface area contributed by atoms with Crippen LogP contribution in [0.15, 0.2) is 22.7 Å². The monoisotopic (exact) mass is 298 g/mol. The molecule has 4 heteroatoms. The molecule has 0 heterocycles. The summed E-state index contributed by atoms with van der Waals surface area (Å²) in [5, 5.41) is 0. The van der Waals surface area contributed by atoms with Gasteiger partial charge in [0.1, 0.15) is 0 Å². The van der Waals surface area contributed by atoms with Gasteiger partial charge in [0.25, 0.3) is 5.91 Å². The molecule has 1 aromatic carbocycles. The van der Waals surface area contributed by atoms with Crippen molar-refractivity contribution in [3.63, 3.8) is 0 Å². The topological polar surface area (TPSA) is 23.6 Å². The first kappa shape index (κ1) is 14.2. The van der Waals surface area contributed by atoms with Crippen molar-refractivity contribution in [1.82, 2.24) is 9.80 Å². The number of hydrogen-bond acceptors (Lipinski definition) is 2. The second-order valence-corrected chi connectivity index (χ2v) is 5.26. The van der Waals surface area contributed by atoms with E-state index in [1.54, 1.807) is 4.90 Å². The second kappa shape index (κ2) is 6.17. The Kier molecular flexibility index (Phi) is 5.15. The van der Waals surface area contributed by atoms with E-state index in [1.807, 2.05) is 46.3 Å². The maximum atomic E-state index is 12.2. The predicted molar refractivity (Wildman–Crippen MR) is 74.4 cm³/mol. The maximum Gasteiger partial charge on any atom is 0.254 e. The van der Waals surface area contributed by atoms with E-state index in [9.17, 15) is 4.79 Å². The first-order valence-corrected chi connectivity index (χ1v) is 6.38. The van der Waals surface area contributed by atoms with Crippen LogP contribution in [0.4, 0.5) is 0 Å². The first-order chi connectivity index (χ1) is 7.93. The zero-order valence-corrected chi connectivity index (χ0v) is 12.4. The molecule has 0 spiro atoms. The van der Waals surface area contributed by atoms with E-state index >= 15 is 0 Å². The molecule has 1 rings (SSSR count). The number of halogens is 1. The number of benzene rings is 1. The summed E-state index contributed by atoms with van der Waals surface area (Å²) in [5.41, 5.74) is 1.81. The van der Waals surface area contributed by atoms with Crippen molar-refractivity contribution < 1.29 is 4.79 Å². The number of amides is 1. The molecule has 0 fully saturated rings. The molecular weight excluding hydrogens is 280 g/mol. The summed E-state index contributed by atoms with van der Waals surface area (Å²) >= 11 is 3.47. The van der Waals surface area contributed by atoms with Gasteiger partial charge in [-0.15, -0.1) is 0 Å². The van der Waals surface area contributed by atoms with E-state index in [-0.39, 0.29) is 5.91 Å². The predicted octanol–water partition coefficient (Wildman–Crippen LogP) is 2.39. The third kappa shape index (κ3) is 3.82. The standard InChI is InChI=1S/C13H19BrN2O/c1-10-6-5-7-11(12(10)14)13(17)16(4)9-8-15(2)3/h5-7H,8-9H2,1-4H3. The van der Waals surface area contributed by atoms with E-state index in [0.717, 1.165) is 28.7 Å². The van der Waals surface area contributed by atoms with Gasteiger partial charge in [-0.1, -0.05) is 12.1 Å². The zero-order chi connectivity index (χ0) is 13.0. The summed E-state index contributed by atoms with van der Waals surface area (Å²) in [4.78, 5) is 16.0. The minimum Gasteiger partial charge on any atom is -0.340 e. The van der Waals surface area contributed by atoms with Gasteiger partial charge < -0.3 is 9.80 Å². The van der Waals surface area contributed by atoms with E-state index in [2.05, 4.69) is 20.8 Å². The molecule has 0 aromatic heterocycles. The second-order valence-electron chi connectivity index (χ2n) is 4.47. The third-order valence-electron chi connectivity index (χ3n) is 2.65. The largest absolute Gasteiger partial charge is 0.340 e. The van der Waals surface area contributed by atoms with Crippen molar-refractivity contribution in [1.29, 1.82) is 0 Å². The number of rotatable bonds is 4. The number of hydrogen-bond donors (Lipinski definition) is 0. The Bertz CT molecular complexity index is 404. The molecule has 94 valence electrons. The molecule has 3 nitrogen and oxygen atoms in total. The summed E-state index contributed by atoms with van der Waals surface area (Å²) in [7, 11) is 5.84. The van der Waals surface area contributed by atoms with E-state index in [0.29, 0.717) is 0 Å². The molecule has 0 aliphatic rings. The van der Waals surface area contributed by atoms with Crippen molar-refractivity contribution in [2.45, 2.75) is 6.92 Å². The Morgan fingerprint density at radius 3 is 2.47 bits per heavy atom. The molecule has 0 saturated carbocycles. The van der Waals surface area contributed by atoms with Crippen LogP contribution in [0.25, 0.3) is 0 Å². The molecule has 0 bridgehead atoms. The number of nitrogens with zero attached hydrogens (tertiary/aromatic N) is 2. The molecule has 1 amide bonds. The van der Waals surface area contributed by atoms with Crippen LogP contribution in [-0.2, 0) is 0 Å². The van der Waals surface area contributed by atoms with Gasteiger partial charge >= 0.3 is 0 Å². The molecule has 1 aromatic rings. The van der Waals surface area contributed by atoms with Crippen molar-refractivity contribution in [3.05, 3.63) is 33.8 Å². The molecule has 0 radical (unpaired) electrons. The van der Waals surface area contributed by atoms with Crippen LogP contribution in [-0.4, -0.2) is 49.9 Å². The molecule has 0 aliphatic heterocycles. The quantitative estimate of drug-likeness (QED) is 0.852. The minimum absolute atomic E-state index is 0.0578. The molecular formula is C13H19BrN2O. The van der Waals surface area contributed by atoms with Gasteiger partial charge in [-0.25, -0.2) is 0 Å². The van der Waals surface area contributed by atoms with Crippen LogP contribution in [0.3, 0.4) is 0 Å². The Morgan fingerprint density at radius 2 is 1.88 bits per heavy atom. The summed E-state index contributed by atoms with van der Waals surface area (Å²) in [6, 6.07) is 5.75. The zero-order valence-electron chi connectivity index (χ0n) is 10.8. The minimum atomic E-state index is 0.0578. The number of likely N-dealkylation sites (N-methyl/N-ethyl adjacent to an activating group) is 2.